The number of rotatable bonds is 8. The average Bonchev–Trinajstić information content (AvgIpc) is 3.11. The van der Waals surface area contributed by atoms with E-state index in [-0.39, 0.29) is 36.0 Å². The van der Waals surface area contributed by atoms with Crippen LogP contribution in [0.2, 0.25) is 0 Å². The number of aliphatic carboxylic acids is 1. The minimum absolute atomic E-state index is 0.0180. The van der Waals surface area contributed by atoms with Gasteiger partial charge in [0.15, 0.2) is 0 Å². The first kappa shape index (κ1) is 19.9. The molecule has 0 heterocycles. The second-order valence-corrected chi connectivity index (χ2v) is 7.65. The van der Waals surface area contributed by atoms with E-state index in [9.17, 15) is 22.4 Å². The highest BCUT2D eigenvalue weighted by Gasteiger charge is 2.54. The summed E-state index contributed by atoms with van der Waals surface area (Å²) in [5, 5.41) is 8.90. The van der Waals surface area contributed by atoms with Gasteiger partial charge in [-0.2, -0.15) is 0 Å². The summed E-state index contributed by atoms with van der Waals surface area (Å²) in [6.45, 7) is 0.196. The zero-order valence-electron chi connectivity index (χ0n) is 14.8. The van der Waals surface area contributed by atoms with E-state index < -0.39 is 23.9 Å². The Morgan fingerprint density at radius 1 is 1.19 bits per heavy atom. The maximum atomic E-state index is 13.9. The standard InChI is InChI=1S/C19H22F4O4/c20-15-2-1-14(27-19(21,22)23)11-13(15)4-10-26-18-8-6-17(12-18,7-9-18)5-3-16(24)25/h1-2,11H,3-10,12H2,(H,24,25). The van der Waals surface area contributed by atoms with E-state index in [1.807, 2.05) is 0 Å². The molecule has 0 amide bonds. The van der Waals surface area contributed by atoms with Crippen molar-refractivity contribution < 1.29 is 36.9 Å². The molecule has 1 aromatic rings. The summed E-state index contributed by atoms with van der Waals surface area (Å²) in [5.74, 6) is -1.85. The summed E-state index contributed by atoms with van der Waals surface area (Å²) in [4.78, 5) is 10.8. The topological polar surface area (TPSA) is 55.8 Å². The van der Waals surface area contributed by atoms with Crippen molar-refractivity contribution in [2.24, 2.45) is 5.41 Å². The molecule has 0 saturated heterocycles. The highest BCUT2D eigenvalue weighted by molar-refractivity contribution is 5.66. The number of hydrogen-bond donors (Lipinski definition) is 1. The number of halogens is 4. The molecule has 8 heteroatoms. The first-order valence-electron chi connectivity index (χ1n) is 9.00. The first-order chi connectivity index (χ1) is 12.6. The van der Waals surface area contributed by atoms with E-state index >= 15 is 0 Å². The lowest BCUT2D eigenvalue weighted by atomic mass is 9.80. The number of carbonyl (C=O) groups is 1. The lowest BCUT2D eigenvalue weighted by Crippen LogP contribution is -2.27. The Balaban J connectivity index is 1.55. The van der Waals surface area contributed by atoms with Gasteiger partial charge in [-0.3, -0.25) is 4.79 Å². The van der Waals surface area contributed by atoms with Crippen molar-refractivity contribution in [1.29, 1.82) is 0 Å². The van der Waals surface area contributed by atoms with Gasteiger partial charge in [-0.15, -0.1) is 13.2 Å². The van der Waals surface area contributed by atoms with Crippen molar-refractivity contribution in [3.8, 4) is 5.75 Å². The summed E-state index contributed by atoms with van der Waals surface area (Å²) in [6.07, 6.45) is 0.424. The van der Waals surface area contributed by atoms with E-state index in [2.05, 4.69) is 4.74 Å². The van der Waals surface area contributed by atoms with Gasteiger partial charge in [-0.25, -0.2) is 4.39 Å². The average molecular weight is 390 g/mol. The molecule has 0 unspecified atom stereocenters. The van der Waals surface area contributed by atoms with Gasteiger partial charge in [0.1, 0.15) is 11.6 Å². The highest BCUT2D eigenvalue weighted by atomic mass is 19.4. The van der Waals surface area contributed by atoms with Crippen LogP contribution in [0.3, 0.4) is 0 Å². The number of hydrogen-bond acceptors (Lipinski definition) is 3. The largest absolute Gasteiger partial charge is 0.573 e. The van der Waals surface area contributed by atoms with E-state index in [0.717, 1.165) is 50.3 Å². The maximum Gasteiger partial charge on any atom is 0.573 e. The van der Waals surface area contributed by atoms with Crippen LogP contribution in [0, 0.1) is 11.2 Å². The molecule has 0 aromatic heterocycles. The van der Waals surface area contributed by atoms with E-state index in [1.54, 1.807) is 0 Å². The molecule has 3 rings (SSSR count). The zero-order valence-corrected chi connectivity index (χ0v) is 14.8. The summed E-state index contributed by atoms with van der Waals surface area (Å²) < 4.78 is 60.6. The van der Waals surface area contributed by atoms with Gasteiger partial charge in [0, 0.05) is 6.42 Å². The van der Waals surface area contributed by atoms with Crippen molar-refractivity contribution in [3.63, 3.8) is 0 Å². The molecule has 1 N–H and O–H groups in total. The van der Waals surface area contributed by atoms with Gasteiger partial charge in [0.25, 0.3) is 0 Å². The van der Waals surface area contributed by atoms with Crippen LogP contribution >= 0.6 is 0 Å². The van der Waals surface area contributed by atoms with Crippen LogP contribution < -0.4 is 4.74 Å². The minimum Gasteiger partial charge on any atom is -0.481 e. The Morgan fingerprint density at radius 3 is 2.52 bits per heavy atom. The van der Waals surface area contributed by atoms with E-state index in [1.165, 1.54) is 0 Å². The molecular weight excluding hydrogens is 368 g/mol. The molecule has 0 spiro atoms. The Hall–Kier alpha value is -1.83. The predicted molar refractivity (Wildman–Crippen MR) is 87.9 cm³/mol. The van der Waals surface area contributed by atoms with Gasteiger partial charge in [-0.05, 0) is 74.1 Å². The number of carboxylic acids is 1. The molecule has 2 aliphatic carbocycles. The van der Waals surface area contributed by atoms with Crippen molar-refractivity contribution in [2.75, 3.05) is 6.61 Å². The molecule has 2 aliphatic rings. The van der Waals surface area contributed by atoms with Gasteiger partial charge >= 0.3 is 12.3 Å². The third-order valence-corrected chi connectivity index (χ3v) is 5.82. The van der Waals surface area contributed by atoms with Gasteiger partial charge in [0.2, 0.25) is 0 Å². The fraction of sp³-hybridized carbons (Fsp3) is 0.632. The molecule has 2 bridgehead atoms. The number of carboxylic acid groups (broad SMARTS) is 1. The van der Waals surface area contributed by atoms with Crippen LogP contribution in [0.4, 0.5) is 17.6 Å². The van der Waals surface area contributed by atoms with Crippen LogP contribution in [0.15, 0.2) is 18.2 Å². The van der Waals surface area contributed by atoms with Gasteiger partial charge in [0.05, 0.1) is 12.2 Å². The smallest absolute Gasteiger partial charge is 0.481 e. The minimum atomic E-state index is -4.82. The van der Waals surface area contributed by atoms with Crippen LogP contribution in [-0.4, -0.2) is 29.6 Å². The first-order valence-corrected chi connectivity index (χ1v) is 9.00. The summed E-state index contributed by atoms with van der Waals surface area (Å²) in [7, 11) is 0. The summed E-state index contributed by atoms with van der Waals surface area (Å²) >= 11 is 0. The lowest BCUT2D eigenvalue weighted by molar-refractivity contribution is -0.274. The zero-order chi connectivity index (χ0) is 19.7. The number of alkyl halides is 3. The van der Waals surface area contributed by atoms with Crippen molar-refractivity contribution in [1.82, 2.24) is 0 Å². The molecule has 1 aromatic carbocycles. The predicted octanol–water partition coefficient (Wildman–Crippen LogP) is 4.85. The third kappa shape index (κ3) is 4.91. The Bertz CT molecular complexity index is 693. The Kier molecular flexibility index (Phi) is 5.38. The van der Waals surface area contributed by atoms with Crippen LogP contribution in [0.5, 0.6) is 5.75 Å². The molecule has 27 heavy (non-hydrogen) atoms. The SMILES string of the molecule is O=C(O)CCC12CCC(OCCc3cc(OC(F)(F)F)ccc3F)(CC1)C2. The monoisotopic (exact) mass is 390 g/mol. The summed E-state index contributed by atoms with van der Waals surface area (Å²) in [5.41, 5.74) is -0.180. The van der Waals surface area contributed by atoms with Crippen LogP contribution in [-0.2, 0) is 16.0 Å². The molecule has 0 atom stereocenters. The summed E-state index contributed by atoms with van der Waals surface area (Å²) in [6, 6.07) is 2.94. The van der Waals surface area contributed by atoms with Crippen LogP contribution in [0.25, 0.3) is 0 Å². The quantitative estimate of drug-likeness (QED) is 0.645. The number of benzene rings is 1. The molecule has 0 aliphatic heterocycles. The lowest BCUT2D eigenvalue weighted by Gasteiger charge is -2.28. The van der Waals surface area contributed by atoms with Crippen LogP contribution in [0.1, 0.15) is 50.5 Å². The van der Waals surface area contributed by atoms with Crippen molar-refractivity contribution in [2.45, 2.75) is 63.3 Å². The Labute approximate surface area is 154 Å². The second kappa shape index (κ2) is 7.30. The normalized spacial score (nSPS) is 27.1. The fourth-order valence-corrected chi connectivity index (χ4v) is 4.50. The highest BCUT2D eigenvalue weighted by Crippen LogP contribution is 2.60. The molecule has 2 fully saturated rings. The number of ether oxygens (including phenoxy) is 2. The van der Waals surface area contributed by atoms with Gasteiger partial charge in [-0.1, -0.05) is 0 Å². The van der Waals surface area contributed by atoms with Crippen molar-refractivity contribution >= 4 is 5.97 Å². The second-order valence-electron chi connectivity index (χ2n) is 7.65. The number of fused-ring (bicyclic) bond motifs is 2. The molecule has 4 nitrogen and oxygen atoms in total. The molecular formula is C19H22F4O4. The Morgan fingerprint density at radius 2 is 1.89 bits per heavy atom. The molecule has 0 radical (unpaired) electrons. The van der Waals surface area contributed by atoms with Crippen molar-refractivity contribution in [3.05, 3.63) is 29.6 Å². The van der Waals surface area contributed by atoms with E-state index in [4.69, 9.17) is 9.84 Å². The molecule has 150 valence electrons. The van der Waals surface area contributed by atoms with Gasteiger partial charge < -0.3 is 14.6 Å². The maximum absolute atomic E-state index is 13.9. The third-order valence-electron chi connectivity index (χ3n) is 5.82. The van der Waals surface area contributed by atoms with E-state index in [0.29, 0.717) is 6.42 Å². The fourth-order valence-electron chi connectivity index (χ4n) is 4.50. The molecule has 2 saturated carbocycles.